The standard InChI is InChI=1S/C22H30N4O4.HI/c1-4-23-22(24-15-18-7-10-20(11-8-18)26(27)28)25-16-19-9-6-17(3)14-21(19)30-13-12-29-5-2;/h6-11,14H,4-5,12-13,15-16H2,1-3H3,(H2,23,24,25);1H. The van der Waals surface area contributed by atoms with Crippen LogP contribution in [0.3, 0.4) is 0 Å². The zero-order chi connectivity index (χ0) is 21.8. The van der Waals surface area contributed by atoms with E-state index in [1.807, 2.05) is 39.0 Å². The summed E-state index contributed by atoms with van der Waals surface area (Å²) in [6.07, 6.45) is 0. The van der Waals surface area contributed by atoms with Crippen molar-refractivity contribution < 1.29 is 14.4 Å². The summed E-state index contributed by atoms with van der Waals surface area (Å²) in [4.78, 5) is 14.9. The van der Waals surface area contributed by atoms with Crippen LogP contribution in [0.15, 0.2) is 47.5 Å². The highest BCUT2D eigenvalue weighted by Gasteiger charge is 2.07. The lowest BCUT2D eigenvalue weighted by Crippen LogP contribution is -2.36. The van der Waals surface area contributed by atoms with Crippen molar-refractivity contribution in [2.75, 3.05) is 26.4 Å². The molecule has 170 valence electrons. The first-order chi connectivity index (χ1) is 14.5. The maximum Gasteiger partial charge on any atom is 0.269 e. The normalized spacial score (nSPS) is 10.9. The Morgan fingerprint density at radius 1 is 1.10 bits per heavy atom. The Kier molecular flexibility index (Phi) is 12.5. The zero-order valence-corrected chi connectivity index (χ0v) is 20.6. The molecular weight excluding hydrogens is 511 g/mol. The van der Waals surface area contributed by atoms with Gasteiger partial charge in [-0.25, -0.2) is 4.99 Å². The minimum atomic E-state index is -0.408. The molecule has 31 heavy (non-hydrogen) atoms. The molecule has 0 amide bonds. The van der Waals surface area contributed by atoms with E-state index in [0.29, 0.717) is 38.9 Å². The highest BCUT2D eigenvalue weighted by Crippen LogP contribution is 2.20. The fraction of sp³-hybridized carbons (Fsp3) is 0.409. The van der Waals surface area contributed by atoms with Crippen LogP contribution in [0.1, 0.15) is 30.5 Å². The van der Waals surface area contributed by atoms with Crippen molar-refractivity contribution in [3.63, 3.8) is 0 Å². The number of halogens is 1. The highest BCUT2D eigenvalue weighted by molar-refractivity contribution is 14.0. The van der Waals surface area contributed by atoms with E-state index in [2.05, 4.69) is 15.6 Å². The molecule has 2 N–H and O–H groups in total. The zero-order valence-electron chi connectivity index (χ0n) is 18.2. The lowest BCUT2D eigenvalue weighted by molar-refractivity contribution is -0.384. The molecule has 0 heterocycles. The minimum Gasteiger partial charge on any atom is -0.491 e. The van der Waals surface area contributed by atoms with Crippen molar-refractivity contribution in [1.29, 1.82) is 0 Å². The number of aliphatic imine (C=N–C) groups is 1. The number of guanidine groups is 1. The predicted octanol–water partition coefficient (Wildman–Crippen LogP) is 4.19. The first-order valence-corrected chi connectivity index (χ1v) is 10.1. The number of aryl methyl sites for hydroxylation is 1. The second kappa shape index (κ2) is 14.6. The van der Waals surface area contributed by atoms with E-state index in [4.69, 9.17) is 9.47 Å². The molecule has 9 heteroatoms. The summed E-state index contributed by atoms with van der Waals surface area (Å²) in [5.74, 6) is 1.49. The molecule has 0 aromatic heterocycles. The molecule has 0 atom stereocenters. The van der Waals surface area contributed by atoms with Crippen molar-refractivity contribution in [3.8, 4) is 5.75 Å². The average Bonchev–Trinajstić information content (AvgIpc) is 2.74. The number of hydrogen-bond acceptors (Lipinski definition) is 5. The van der Waals surface area contributed by atoms with Crippen molar-refractivity contribution in [2.45, 2.75) is 33.9 Å². The van der Waals surface area contributed by atoms with Crippen LogP contribution in [0.2, 0.25) is 0 Å². The Hall–Kier alpha value is -2.40. The molecule has 2 aromatic carbocycles. The van der Waals surface area contributed by atoms with Gasteiger partial charge in [0, 0.05) is 37.4 Å². The maximum atomic E-state index is 10.8. The topological polar surface area (TPSA) is 98.0 Å². The van der Waals surface area contributed by atoms with Crippen molar-refractivity contribution in [3.05, 3.63) is 69.3 Å². The first kappa shape index (κ1) is 26.6. The molecule has 0 aliphatic rings. The van der Waals surface area contributed by atoms with E-state index in [1.54, 1.807) is 12.1 Å². The van der Waals surface area contributed by atoms with Gasteiger partial charge in [-0.1, -0.05) is 24.3 Å². The third-order valence-electron chi connectivity index (χ3n) is 4.27. The van der Waals surface area contributed by atoms with Crippen LogP contribution in [0, 0.1) is 17.0 Å². The molecule has 0 aliphatic heterocycles. The second-order valence-corrected chi connectivity index (χ2v) is 6.63. The Balaban J connectivity index is 0.00000480. The molecule has 0 fully saturated rings. The van der Waals surface area contributed by atoms with Crippen molar-refractivity contribution in [1.82, 2.24) is 10.6 Å². The monoisotopic (exact) mass is 542 g/mol. The maximum absolute atomic E-state index is 10.8. The highest BCUT2D eigenvalue weighted by atomic mass is 127. The molecule has 0 saturated heterocycles. The third-order valence-corrected chi connectivity index (χ3v) is 4.27. The van der Waals surface area contributed by atoms with Gasteiger partial charge in [-0.05, 0) is 38.0 Å². The third kappa shape index (κ3) is 9.52. The van der Waals surface area contributed by atoms with Gasteiger partial charge in [-0.3, -0.25) is 10.1 Å². The molecule has 0 unspecified atom stereocenters. The van der Waals surface area contributed by atoms with Crippen LogP contribution in [0.4, 0.5) is 5.69 Å². The number of rotatable bonds is 11. The van der Waals surface area contributed by atoms with E-state index >= 15 is 0 Å². The molecular formula is C22H31IN4O4. The van der Waals surface area contributed by atoms with Crippen LogP contribution < -0.4 is 15.4 Å². The lowest BCUT2D eigenvalue weighted by Gasteiger charge is -2.15. The average molecular weight is 542 g/mol. The summed E-state index contributed by atoms with van der Waals surface area (Å²) in [6, 6.07) is 12.5. The van der Waals surface area contributed by atoms with Crippen LogP contribution >= 0.6 is 24.0 Å². The van der Waals surface area contributed by atoms with Gasteiger partial charge in [0.1, 0.15) is 12.4 Å². The summed E-state index contributed by atoms with van der Waals surface area (Å²) >= 11 is 0. The summed E-state index contributed by atoms with van der Waals surface area (Å²) in [5.41, 5.74) is 3.12. The summed E-state index contributed by atoms with van der Waals surface area (Å²) in [7, 11) is 0. The van der Waals surface area contributed by atoms with Gasteiger partial charge >= 0.3 is 0 Å². The number of non-ortho nitro benzene ring substituents is 1. The fourth-order valence-electron chi connectivity index (χ4n) is 2.71. The molecule has 2 aromatic rings. The number of benzene rings is 2. The van der Waals surface area contributed by atoms with Crippen LogP contribution in [0.25, 0.3) is 0 Å². The number of nitrogens with zero attached hydrogens (tertiary/aromatic N) is 2. The summed E-state index contributed by atoms with van der Waals surface area (Å²) in [6.45, 7) is 9.39. The van der Waals surface area contributed by atoms with Gasteiger partial charge in [0.25, 0.3) is 5.69 Å². The molecule has 8 nitrogen and oxygen atoms in total. The van der Waals surface area contributed by atoms with Gasteiger partial charge in [-0.15, -0.1) is 24.0 Å². The van der Waals surface area contributed by atoms with E-state index in [1.165, 1.54) is 12.1 Å². The van der Waals surface area contributed by atoms with Gasteiger partial charge in [0.2, 0.25) is 0 Å². The predicted molar refractivity (Wildman–Crippen MR) is 133 cm³/mol. The molecule has 2 rings (SSSR count). The number of nitrogens with one attached hydrogen (secondary N) is 2. The molecule has 0 bridgehead atoms. The van der Waals surface area contributed by atoms with E-state index in [-0.39, 0.29) is 29.7 Å². The Morgan fingerprint density at radius 2 is 1.84 bits per heavy atom. The molecule has 0 radical (unpaired) electrons. The fourth-order valence-corrected chi connectivity index (χ4v) is 2.71. The quantitative estimate of drug-likeness (QED) is 0.110. The first-order valence-electron chi connectivity index (χ1n) is 10.1. The van der Waals surface area contributed by atoms with Gasteiger partial charge in [0.05, 0.1) is 18.1 Å². The second-order valence-electron chi connectivity index (χ2n) is 6.63. The molecule has 0 saturated carbocycles. The van der Waals surface area contributed by atoms with Crippen LogP contribution in [-0.4, -0.2) is 37.2 Å². The van der Waals surface area contributed by atoms with Crippen LogP contribution in [-0.2, 0) is 17.8 Å². The molecule has 0 aliphatic carbocycles. The number of nitro benzene ring substituents is 1. The summed E-state index contributed by atoms with van der Waals surface area (Å²) < 4.78 is 11.2. The van der Waals surface area contributed by atoms with E-state index < -0.39 is 4.92 Å². The van der Waals surface area contributed by atoms with Gasteiger partial charge < -0.3 is 20.1 Å². The SMILES string of the molecule is CCNC(=NCc1ccc([N+](=O)[O-])cc1)NCc1ccc(C)cc1OCCOCC.I. The molecule has 0 spiro atoms. The summed E-state index contributed by atoms with van der Waals surface area (Å²) in [5, 5.41) is 17.3. The Morgan fingerprint density at radius 3 is 2.48 bits per heavy atom. The van der Waals surface area contributed by atoms with Crippen molar-refractivity contribution in [2.24, 2.45) is 4.99 Å². The van der Waals surface area contributed by atoms with E-state index in [9.17, 15) is 10.1 Å². The largest absolute Gasteiger partial charge is 0.491 e. The number of hydrogen-bond donors (Lipinski definition) is 2. The van der Waals surface area contributed by atoms with Gasteiger partial charge in [0.15, 0.2) is 5.96 Å². The number of nitro groups is 1. The smallest absolute Gasteiger partial charge is 0.269 e. The lowest BCUT2D eigenvalue weighted by atomic mass is 10.1. The van der Waals surface area contributed by atoms with Crippen LogP contribution in [0.5, 0.6) is 5.75 Å². The van der Waals surface area contributed by atoms with Gasteiger partial charge in [-0.2, -0.15) is 0 Å². The Bertz CT molecular complexity index is 844. The van der Waals surface area contributed by atoms with Crippen molar-refractivity contribution >= 4 is 35.6 Å². The number of ether oxygens (including phenoxy) is 2. The minimum absolute atomic E-state index is 0. The van der Waals surface area contributed by atoms with E-state index in [0.717, 1.165) is 29.0 Å². The Labute approximate surface area is 200 Å².